The van der Waals surface area contributed by atoms with E-state index >= 15 is 0 Å². The highest BCUT2D eigenvalue weighted by molar-refractivity contribution is 6.30. The molecule has 1 N–H and O–H groups in total. The highest BCUT2D eigenvalue weighted by Gasteiger charge is 2.20. The van der Waals surface area contributed by atoms with Gasteiger partial charge in [-0.1, -0.05) is 23.7 Å². The fourth-order valence-electron chi connectivity index (χ4n) is 1.54. The van der Waals surface area contributed by atoms with Gasteiger partial charge in [-0.15, -0.1) is 0 Å². The van der Waals surface area contributed by atoms with Crippen molar-refractivity contribution in [3.63, 3.8) is 0 Å². The predicted molar refractivity (Wildman–Crippen MR) is 53.5 cm³/mol. The third kappa shape index (κ3) is 2.25. The van der Waals surface area contributed by atoms with Gasteiger partial charge in [0.15, 0.2) is 0 Å². The molecule has 1 saturated heterocycles. The van der Waals surface area contributed by atoms with Crippen LogP contribution in [0.2, 0.25) is 5.02 Å². The molecule has 0 aliphatic carbocycles. The van der Waals surface area contributed by atoms with E-state index in [-0.39, 0.29) is 6.10 Å². The van der Waals surface area contributed by atoms with Crippen LogP contribution >= 0.6 is 11.6 Å². The average molecular weight is 214 g/mol. The Hall–Kier alpha value is -0.610. The Morgan fingerprint density at radius 3 is 3.07 bits per heavy atom. The summed E-state index contributed by atoms with van der Waals surface area (Å²) in [5.74, 6) is 0. The van der Waals surface area contributed by atoms with Gasteiger partial charge < -0.3 is 9.94 Å². The van der Waals surface area contributed by atoms with Crippen LogP contribution in [-0.4, -0.2) is 30.0 Å². The van der Waals surface area contributed by atoms with Crippen LogP contribution in [0.15, 0.2) is 24.3 Å². The van der Waals surface area contributed by atoms with Crippen molar-refractivity contribution < 1.29 is 9.94 Å². The molecule has 1 aliphatic rings. The molecular weight excluding hydrogens is 202 g/mol. The van der Waals surface area contributed by atoms with Crippen LogP contribution in [0.5, 0.6) is 0 Å². The Labute approximate surface area is 87.8 Å². The van der Waals surface area contributed by atoms with Crippen LogP contribution in [0.4, 0.5) is 0 Å². The zero-order valence-electron chi connectivity index (χ0n) is 7.69. The second-order valence-electron chi connectivity index (χ2n) is 3.33. The van der Waals surface area contributed by atoms with E-state index in [0.29, 0.717) is 24.7 Å². The first-order chi connectivity index (χ1) is 6.75. The van der Waals surface area contributed by atoms with Gasteiger partial charge in [0, 0.05) is 11.6 Å². The summed E-state index contributed by atoms with van der Waals surface area (Å²) in [6.45, 7) is 1.62. The summed E-state index contributed by atoms with van der Waals surface area (Å²) in [7, 11) is 0. The third-order valence-corrected chi connectivity index (χ3v) is 2.50. The second kappa shape index (κ2) is 4.28. The smallest absolute Gasteiger partial charge is 0.0976 e. The molecule has 0 radical (unpaired) electrons. The van der Waals surface area contributed by atoms with Crippen LogP contribution in [0, 0.1) is 0 Å². The maximum absolute atomic E-state index is 9.33. The number of rotatable bonds is 1. The Balaban J connectivity index is 2.14. The molecule has 4 heteroatoms. The molecule has 1 unspecified atom stereocenters. The number of hydroxylamine groups is 2. The largest absolute Gasteiger partial charge is 0.371 e. The van der Waals surface area contributed by atoms with E-state index in [1.54, 1.807) is 0 Å². The molecule has 1 heterocycles. The molecule has 0 saturated carbocycles. The first kappa shape index (κ1) is 9.93. The highest BCUT2D eigenvalue weighted by Crippen LogP contribution is 2.23. The molecule has 1 atom stereocenters. The van der Waals surface area contributed by atoms with Gasteiger partial charge in [-0.05, 0) is 17.7 Å². The van der Waals surface area contributed by atoms with Gasteiger partial charge in [-0.2, -0.15) is 5.06 Å². The van der Waals surface area contributed by atoms with Gasteiger partial charge in [0.25, 0.3) is 0 Å². The molecule has 1 fully saturated rings. The molecular formula is C10H12ClNO2. The van der Waals surface area contributed by atoms with E-state index in [4.69, 9.17) is 16.3 Å². The first-order valence-electron chi connectivity index (χ1n) is 4.56. The minimum atomic E-state index is -0.0764. The highest BCUT2D eigenvalue weighted by atomic mass is 35.5. The van der Waals surface area contributed by atoms with Crippen molar-refractivity contribution in [2.75, 3.05) is 19.7 Å². The number of ether oxygens (including phenoxy) is 1. The van der Waals surface area contributed by atoms with E-state index in [2.05, 4.69) is 0 Å². The van der Waals surface area contributed by atoms with Crippen LogP contribution < -0.4 is 0 Å². The topological polar surface area (TPSA) is 32.7 Å². The molecule has 0 bridgehead atoms. The maximum atomic E-state index is 9.33. The fraction of sp³-hybridized carbons (Fsp3) is 0.400. The number of morpholine rings is 1. The summed E-state index contributed by atoms with van der Waals surface area (Å²) in [6.07, 6.45) is -0.0764. The van der Waals surface area contributed by atoms with E-state index < -0.39 is 0 Å². The van der Waals surface area contributed by atoms with Crippen LogP contribution in [0.3, 0.4) is 0 Å². The third-order valence-electron chi connectivity index (χ3n) is 2.27. The molecule has 1 aromatic rings. The molecule has 2 rings (SSSR count). The molecule has 14 heavy (non-hydrogen) atoms. The van der Waals surface area contributed by atoms with Crippen LogP contribution in [0.1, 0.15) is 11.7 Å². The van der Waals surface area contributed by atoms with E-state index in [9.17, 15) is 5.21 Å². The second-order valence-corrected chi connectivity index (χ2v) is 3.76. The van der Waals surface area contributed by atoms with Crippen molar-refractivity contribution >= 4 is 11.6 Å². The van der Waals surface area contributed by atoms with Crippen molar-refractivity contribution in [1.82, 2.24) is 5.06 Å². The van der Waals surface area contributed by atoms with Gasteiger partial charge in [0.1, 0.15) is 0 Å². The molecule has 3 nitrogen and oxygen atoms in total. The maximum Gasteiger partial charge on any atom is 0.0976 e. The molecule has 76 valence electrons. The minimum Gasteiger partial charge on any atom is -0.371 e. The van der Waals surface area contributed by atoms with Crippen molar-refractivity contribution in [3.05, 3.63) is 34.9 Å². The van der Waals surface area contributed by atoms with Gasteiger partial charge >= 0.3 is 0 Å². The van der Waals surface area contributed by atoms with Crippen molar-refractivity contribution in [2.45, 2.75) is 6.10 Å². The summed E-state index contributed by atoms with van der Waals surface area (Å²) in [5, 5.41) is 11.3. The number of benzene rings is 1. The van der Waals surface area contributed by atoms with E-state index in [0.717, 1.165) is 5.56 Å². The molecule has 0 spiro atoms. The van der Waals surface area contributed by atoms with Crippen molar-refractivity contribution in [1.29, 1.82) is 0 Å². The molecule has 0 amide bonds. The summed E-state index contributed by atoms with van der Waals surface area (Å²) >= 11 is 5.87. The Morgan fingerprint density at radius 2 is 2.36 bits per heavy atom. The lowest BCUT2D eigenvalue weighted by atomic mass is 10.1. The number of halogens is 1. The lowest BCUT2D eigenvalue weighted by molar-refractivity contribution is -0.170. The number of hydrogen-bond donors (Lipinski definition) is 1. The van der Waals surface area contributed by atoms with Gasteiger partial charge in [0.05, 0.1) is 19.3 Å². The zero-order chi connectivity index (χ0) is 9.97. The van der Waals surface area contributed by atoms with Gasteiger partial charge in [-0.3, -0.25) is 0 Å². The lowest BCUT2D eigenvalue weighted by Gasteiger charge is -2.28. The van der Waals surface area contributed by atoms with Crippen LogP contribution in [0.25, 0.3) is 0 Å². The van der Waals surface area contributed by atoms with Gasteiger partial charge in [-0.25, -0.2) is 0 Å². The monoisotopic (exact) mass is 213 g/mol. The number of nitrogens with zero attached hydrogens (tertiary/aromatic N) is 1. The zero-order valence-corrected chi connectivity index (χ0v) is 8.44. The van der Waals surface area contributed by atoms with E-state index in [1.807, 2.05) is 24.3 Å². The Morgan fingerprint density at radius 1 is 1.50 bits per heavy atom. The molecule has 1 aliphatic heterocycles. The predicted octanol–water partition coefficient (Wildman–Crippen LogP) is 2.10. The minimum absolute atomic E-state index is 0.0764. The fourth-order valence-corrected chi connectivity index (χ4v) is 1.74. The average Bonchev–Trinajstić information content (AvgIpc) is 2.18. The van der Waals surface area contributed by atoms with Gasteiger partial charge in [0.2, 0.25) is 0 Å². The number of hydrogen-bond acceptors (Lipinski definition) is 3. The first-order valence-corrected chi connectivity index (χ1v) is 4.94. The summed E-state index contributed by atoms with van der Waals surface area (Å²) < 4.78 is 5.53. The lowest BCUT2D eigenvalue weighted by Crippen LogP contribution is -2.35. The summed E-state index contributed by atoms with van der Waals surface area (Å²) in [5.41, 5.74) is 1.01. The summed E-state index contributed by atoms with van der Waals surface area (Å²) in [4.78, 5) is 0. The van der Waals surface area contributed by atoms with Crippen LogP contribution in [-0.2, 0) is 4.74 Å². The molecule has 0 aromatic heterocycles. The normalized spacial score (nSPS) is 23.7. The molecule has 1 aromatic carbocycles. The Kier molecular flexibility index (Phi) is 3.03. The SMILES string of the molecule is ON1CCOC(c2cccc(Cl)c2)C1. The quantitative estimate of drug-likeness (QED) is 0.776. The van der Waals surface area contributed by atoms with E-state index in [1.165, 1.54) is 5.06 Å². The standard InChI is InChI=1S/C10H12ClNO2/c11-9-3-1-2-8(6-9)10-7-12(13)4-5-14-10/h1-3,6,10,13H,4-5,7H2. The Bertz CT molecular complexity index is 319. The summed E-state index contributed by atoms with van der Waals surface area (Å²) in [6, 6.07) is 7.53. The van der Waals surface area contributed by atoms with Crippen molar-refractivity contribution in [2.24, 2.45) is 0 Å². The van der Waals surface area contributed by atoms with Crippen molar-refractivity contribution in [3.8, 4) is 0 Å².